The number of carboxylic acid groups (broad SMARTS) is 1. The SMILES string of the molecule is CCC1CC(NC(=O)OC(C)(C)C)CN(CC(=O)O)C1. The molecule has 0 saturated carbocycles. The maximum absolute atomic E-state index is 11.8. The number of rotatable bonds is 4. The van der Waals surface area contributed by atoms with Gasteiger partial charge in [0.15, 0.2) is 0 Å². The maximum Gasteiger partial charge on any atom is 0.407 e. The fraction of sp³-hybridized carbons (Fsp3) is 0.857. The van der Waals surface area contributed by atoms with Gasteiger partial charge < -0.3 is 15.2 Å². The van der Waals surface area contributed by atoms with E-state index in [0.717, 1.165) is 19.4 Å². The van der Waals surface area contributed by atoms with E-state index in [9.17, 15) is 9.59 Å². The molecule has 1 saturated heterocycles. The van der Waals surface area contributed by atoms with Crippen molar-refractivity contribution in [3.05, 3.63) is 0 Å². The zero-order valence-electron chi connectivity index (χ0n) is 12.8. The van der Waals surface area contributed by atoms with Crippen LogP contribution in [0.1, 0.15) is 40.5 Å². The molecule has 0 bridgehead atoms. The Balaban J connectivity index is 2.55. The first kappa shape index (κ1) is 16.8. The van der Waals surface area contributed by atoms with Gasteiger partial charge in [0.25, 0.3) is 0 Å². The number of carboxylic acids is 1. The third-order valence-corrected chi connectivity index (χ3v) is 3.27. The Morgan fingerprint density at radius 3 is 2.50 bits per heavy atom. The summed E-state index contributed by atoms with van der Waals surface area (Å²) in [4.78, 5) is 24.5. The molecule has 0 radical (unpaired) electrons. The van der Waals surface area contributed by atoms with E-state index in [1.165, 1.54) is 0 Å². The van der Waals surface area contributed by atoms with Crippen LogP contribution < -0.4 is 5.32 Å². The number of hydrogen-bond acceptors (Lipinski definition) is 4. The Hall–Kier alpha value is -1.30. The number of alkyl carbamates (subject to hydrolysis) is 1. The lowest BCUT2D eigenvalue weighted by Crippen LogP contribution is -2.52. The van der Waals surface area contributed by atoms with Crippen molar-refractivity contribution >= 4 is 12.1 Å². The van der Waals surface area contributed by atoms with Gasteiger partial charge >= 0.3 is 12.1 Å². The highest BCUT2D eigenvalue weighted by atomic mass is 16.6. The van der Waals surface area contributed by atoms with Gasteiger partial charge in [-0.1, -0.05) is 13.3 Å². The highest BCUT2D eigenvalue weighted by Crippen LogP contribution is 2.20. The minimum atomic E-state index is -0.835. The molecule has 0 aromatic rings. The summed E-state index contributed by atoms with van der Waals surface area (Å²) in [6.07, 6.45) is 1.41. The second-order valence-electron chi connectivity index (χ2n) is 6.44. The Morgan fingerprint density at radius 2 is 2.00 bits per heavy atom. The molecular formula is C14H26N2O4. The van der Waals surface area contributed by atoms with Gasteiger partial charge in [-0.3, -0.25) is 9.69 Å². The Kier molecular flexibility index (Phi) is 5.80. The summed E-state index contributed by atoms with van der Waals surface area (Å²) in [6.45, 7) is 8.89. The Labute approximate surface area is 120 Å². The van der Waals surface area contributed by atoms with Crippen molar-refractivity contribution in [2.75, 3.05) is 19.6 Å². The van der Waals surface area contributed by atoms with Crippen LogP contribution in [0.5, 0.6) is 0 Å². The summed E-state index contributed by atoms with van der Waals surface area (Å²) in [6, 6.07) is -0.0529. The second kappa shape index (κ2) is 6.92. The topological polar surface area (TPSA) is 78.9 Å². The molecule has 20 heavy (non-hydrogen) atoms. The first-order chi connectivity index (χ1) is 9.19. The molecule has 6 nitrogen and oxygen atoms in total. The number of hydrogen-bond donors (Lipinski definition) is 2. The fourth-order valence-corrected chi connectivity index (χ4v) is 2.50. The zero-order chi connectivity index (χ0) is 15.3. The van der Waals surface area contributed by atoms with Crippen LogP contribution in [0.25, 0.3) is 0 Å². The molecule has 6 heteroatoms. The van der Waals surface area contributed by atoms with Crippen molar-refractivity contribution in [1.82, 2.24) is 10.2 Å². The van der Waals surface area contributed by atoms with Gasteiger partial charge in [0.05, 0.1) is 6.54 Å². The van der Waals surface area contributed by atoms with Gasteiger partial charge in [0.2, 0.25) is 0 Å². The van der Waals surface area contributed by atoms with Crippen molar-refractivity contribution in [2.45, 2.75) is 52.2 Å². The molecular weight excluding hydrogens is 260 g/mol. The van der Waals surface area contributed by atoms with E-state index in [0.29, 0.717) is 12.5 Å². The molecule has 1 aliphatic rings. The molecule has 2 N–H and O–H groups in total. The molecule has 1 rings (SSSR count). The first-order valence-corrected chi connectivity index (χ1v) is 7.13. The van der Waals surface area contributed by atoms with Crippen molar-refractivity contribution in [1.29, 1.82) is 0 Å². The summed E-state index contributed by atoms with van der Waals surface area (Å²) < 4.78 is 5.24. The molecule has 2 unspecified atom stereocenters. The van der Waals surface area contributed by atoms with E-state index in [1.54, 1.807) is 0 Å². The van der Waals surface area contributed by atoms with E-state index in [-0.39, 0.29) is 12.6 Å². The summed E-state index contributed by atoms with van der Waals surface area (Å²) in [5.41, 5.74) is -0.524. The molecule has 116 valence electrons. The van der Waals surface area contributed by atoms with Gasteiger partial charge in [-0.25, -0.2) is 4.79 Å². The molecule has 1 amide bonds. The van der Waals surface area contributed by atoms with Crippen LogP contribution in [0.4, 0.5) is 4.79 Å². The number of ether oxygens (including phenoxy) is 1. The van der Waals surface area contributed by atoms with Crippen molar-refractivity contribution < 1.29 is 19.4 Å². The molecule has 0 spiro atoms. The summed E-state index contributed by atoms with van der Waals surface area (Å²) in [5, 5.41) is 11.7. The molecule has 2 atom stereocenters. The summed E-state index contributed by atoms with van der Waals surface area (Å²) in [7, 11) is 0. The predicted molar refractivity (Wildman–Crippen MR) is 75.6 cm³/mol. The standard InChI is InChI=1S/C14H26N2O4/c1-5-10-6-11(8-16(7-10)9-12(17)18)15-13(19)20-14(2,3)4/h10-11H,5-9H2,1-4H3,(H,15,19)(H,17,18). The number of nitrogens with one attached hydrogen (secondary N) is 1. The minimum absolute atomic E-state index is 0.0169. The van der Waals surface area contributed by atoms with E-state index in [4.69, 9.17) is 9.84 Å². The van der Waals surface area contributed by atoms with Gasteiger partial charge in [0, 0.05) is 19.1 Å². The van der Waals surface area contributed by atoms with Gasteiger partial charge in [0.1, 0.15) is 5.60 Å². The smallest absolute Gasteiger partial charge is 0.407 e. The van der Waals surface area contributed by atoms with Gasteiger partial charge in [-0.15, -0.1) is 0 Å². The van der Waals surface area contributed by atoms with Crippen LogP contribution in [0.3, 0.4) is 0 Å². The summed E-state index contributed by atoms with van der Waals surface area (Å²) >= 11 is 0. The maximum atomic E-state index is 11.8. The average Bonchev–Trinajstić information content (AvgIpc) is 2.24. The van der Waals surface area contributed by atoms with Crippen LogP contribution in [-0.2, 0) is 9.53 Å². The van der Waals surface area contributed by atoms with E-state index >= 15 is 0 Å². The molecule has 1 heterocycles. The number of carbonyl (C=O) groups is 2. The largest absolute Gasteiger partial charge is 0.480 e. The number of carbonyl (C=O) groups excluding carboxylic acids is 1. The fourth-order valence-electron chi connectivity index (χ4n) is 2.50. The lowest BCUT2D eigenvalue weighted by molar-refractivity contribution is -0.138. The number of nitrogens with zero attached hydrogens (tertiary/aromatic N) is 1. The van der Waals surface area contributed by atoms with E-state index < -0.39 is 17.7 Å². The van der Waals surface area contributed by atoms with Gasteiger partial charge in [-0.2, -0.15) is 0 Å². The van der Waals surface area contributed by atoms with Gasteiger partial charge in [-0.05, 0) is 33.1 Å². The highest BCUT2D eigenvalue weighted by Gasteiger charge is 2.29. The second-order valence-corrected chi connectivity index (χ2v) is 6.44. The van der Waals surface area contributed by atoms with E-state index in [2.05, 4.69) is 12.2 Å². The summed E-state index contributed by atoms with van der Waals surface area (Å²) in [5.74, 6) is -0.430. The van der Waals surface area contributed by atoms with Crippen LogP contribution >= 0.6 is 0 Å². The van der Waals surface area contributed by atoms with Crippen molar-refractivity contribution in [3.63, 3.8) is 0 Å². The predicted octanol–water partition coefficient (Wildman–Crippen LogP) is 1.70. The molecule has 1 aliphatic heterocycles. The number of amides is 1. The highest BCUT2D eigenvalue weighted by molar-refractivity contribution is 5.69. The lowest BCUT2D eigenvalue weighted by Gasteiger charge is -2.37. The zero-order valence-corrected chi connectivity index (χ0v) is 12.8. The van der Waals surface area contributed by atoms with Crippen LogP contribution in [0.2, 0.25) is 0 Å². The molecule has 0 aromatic carbocycles. The van der Waals surface area contributed by atoms with Crippen molar-refractivity contribution in [3.8, 4) is 0 Å². The van der Waals surface area contributed by atoms with E-state index in [1.807, 2.05) is 25.7 Å². The quantitative estimate of drug-likeness (QED) is 0.822. The average molecular weight is 286 g/mol. The number of likely N-dealkylation sites (tertiary alicyclic amines) is 1. The molecule has 0 aliphatic carbocycles. The minimum Gasteiger partial charge on any atom is -0.480 e. The third-order valence-electron chi connectivity index (χ3n) is 3.27. The lowest BCUT2D eigenvalue weighted by atomic mass is 9.92. The van der Waals surface area contributed by atoms with Crippen molar-refractivity contribution in [2.24, 2.45) is 5.92 Å². The molecule has 1 fully saturated rings. The van der Waals surface area contributed by atoms with Crippen LogP contribution in [-0.4, -0.2) is 53.3 Å². The number of piperidine rings is 1. The van der Waals surface area contributed by atoms with Crippen LogP contribution in [0.15, 0.2) is 0 Å². The monoisotopic (exact) mass is 286 g/mol. The van der Waals surface area contributed by atoms with Crippen LogP contribution in [0, 0.1) is 5.92 Å². The molecule has 0 aromatic heterocycles. The Morgan fingerprint density at radius 1 is 1.35 bits per heavy atom. The third kappa shape index (κ3) is 6.23. The Bertz CT molecular complexity index is 352. The normalized spacial score (nSPS) is 24.2. The number of aliphatic carboxylic acids is 1. The first-order valence-electron chi connectivity index (χ1n) is 7.13.